The Balaban J connectivity index is 1.55. The number of primary amides is 1. The molecule has 234 valence electrons. The molecule has 3 amide bonds. The monoisotopic (exact) mass is 654 g/mol. The molecule has 3 atom stereocenters. The fourth-order valence-corrected chi connectivity index (χ4v) is 5.93. The molecule has 9 nitrogen and oxygen atoms in total. The Morgan fingerprint density at radius 3 is 2.46 bits per heavy atom. The van der Waals surface area contributed by atoms with Crippen LogP contribution in [0.1, 0.15) is 70.5 Å². The molecule has 0 saturated carbocycles. The van der Waals surface area contributed by atoms with Gasteiger partial charge in [-0.2, -0.15) is 0 Å². The van der Waals surface area contributed by atoms with E-state index in [1.165, 1.54) is 18.2 Å². The number of ether oxygens (including phenoxy) is 2. The summed E-state index contributed by atoms with van der Waals surface area (Å²) in [6.07, 6.45) is -4.45. The predicted molar refractivity (Wildman–Crippen MR) is 177 cm³/mol. The molecular weight excluding hydrogens is 602 g/mol. The van der Waals surface area contributed by atoms with Crippen LogP contribution in [0.4, 0.5) is 5.69 Å². The summed E-state index contributed by atoms with van der Waals surface area (Å²) in [4.78, 5) is 40.7. The highest BCUT2D eigenvalue weighted by Gasteiger charge is 2.53. The van der Waals surface area contributed by atoms with Crippen molar-refractivity contribution in [1.29, 1.82) is 0 Å². The normalized spacial score (nSPS) is 24.3. The molecular formula is C36H33N3O6S. The molecule has 0 bridgehead atoms. The number of hydrogen-bond donors (Lipinski definition) is 2. The molecule has 0 aliphatic carbocycles. The Labute approximate surface area is 297 Å². The van der Waals surface area contributed by atoms with Crippen LogP contribution in [0.25, 0.3) is 0 Å². The average molecular weight is 655 g/mol. The van der Waals surface area contributed by atoms with Crippen LogP contribution in [0.2, 0.25) is 0 Å². The summed E-state index contributed by atoms with van der Waals surface area (Å²) in [6, 6.07) is -0.0792. The maximum atomic E-state index is 14.5. The zero-order chi connectivity index (χ0) is 49.0. The molecule has 10 heteroatoms. The minimum absolute atomic E-state index is 0.181. The molecule has 1 aliphatic rings. The second-order valence-corrected chi connectivity index (χ2v) is 10.9. The lowest BCUT2D eigenvalue weighted by atomic mass is 10.1. The van der Waals surface area contributed by atoms with E-state index in [0.717, 1.165) is 23.1 Å². The molecule has 0 aromatic heterocycles. The van der Waals surface area contributed by atoms with Crippen molar-refractivity contribution in [3.63, 3.8) is 0 Å². The summed E-state index contributed by atoms with van der Waals surface area (Å²) in [5.41, 5.74) is 2.52. The number of carbonyl (C=O) groups excluding carboxylic acids is 3. The minimum Gasteiger partial charge on any atom is -0.614 e. The highest BCUT2D eigenvalue weighted by atomic mass is 32.2. The van der Waals surface area contributed by atoms with E-state index >= 15 is 0 Å². The van der Waals surface area contributed by atoms with E-state index in [1.54, 1.807) is 5.32 Å². The van der Waals surface area contributed by atoms with Gasteiger partial charge in [0.1, 0.15) is 0 Å². The average Bonchev–Trinajstić information content (AvgIpc) is 3.43. The van der Waals surface area contributed by atoms with E-state index in [-0.39, 0.29) is 11.3 Å². The Kier molecular flexibility index (Phi) is 5.06. The molecule has 3 N–H and O–H groups in total. The van der Waals surface area contributed by atoms with Crippen LogP contribution in [-0.2, 0) is 27.1 Å². The maximum Gasteiger partial charge on any atom is 0.284 e. The van der Waals surface area contributed by atoms with Gasteiger partial charge in [-0.3, -0.25) is 19.3 Å². The lowest BCUT2D eigenvalue weighted by molar-refractivity contribution is -0.124. The highest BCUT2D eigenvalue weighted by molar-refractivity contribution is 7.93. The van der Waals surface area contributed by atoms with Crippen molar-refractivity contribution < 1.29 is 54.5 Å². The number of hydrogen-bond acceptors (Lipinski definition) is 6. The van der Waals surface area contributed by atoms with Gasteiger partial charge in [-0.25, -0.2) is 0 Å². The zero-order valence-corrected chi connectivity index (χ0v) is 24.1. The topological polar surface area (TPSA) is 134 Å². The zero-order valence-electron chi connectivity index (χ0n) is 42.3. The third-order valence-electron chi connectivity index (χ3n) is 6.30. The number of nitrogens with one attached hydrogen (secondary N) is 1. The van der Waals surface area contributed by atoms with Crippen LogP contribution in [0.3, 0.4) is 0 Å². The summed E-state index contributed by atoms with van der Waals surface area (Å²) < 4.78 is 178. The van der Waals surface area contributed by atoms with Crippen molar-refractivity contribution in [3.8, 4) is 23.3 Å². The third kappa shape index (κ3) is 7.34. The van der Waals surface area contributed by atoms with Gasteiger partial charge in [-0.05, 0) is 77.6 Å². The van der Waals surface area contributed by atoms with E-state index < -0.39 is 161 Å². The van der Waals surface area contributed by atoms with Crippen LogP contribution in [0.5, 0.6) is 11.5 Å². The van der Waals surface area contributed by atoms with Crippen LogP contribution in [0, 0.1) is 11.8 Å². The fraction of sp³-hybridized carbons (Fsp3) is 0.194. The van der Waals surface area contributed by atoms with Gasteiger partial charge in [0.15, 0.2) is 11.5 Å². The van der Waals surface area contributed by atoms with Gasteiger partial charge in [-0.1, -0.05) is 54.2 Å². The minimum atomic E-state index is -3.44. The first-order valence-electron chi connectivity index (χ1n) is 22.5. The van der Waals surface area contributed by atoms with Crippen molar-refractivity contribution in [2.24, 2.45) is 5.73 Å². The number of nitrogens with zero attached hydrogens (tertiary/aromatic N) is 1. The van der Waals surface area contributed by atoms with Gasteiger partial charge in [-0.15, -0.1) is 0 Å². The second-order valence-electron chi connectivity index (χ2n) is 9.20. The summed E-state index contributed by atoms with van der Waals surface area (Å²) >= 11 is -2.75. The van der Waals surface area contributed by atoms with Gasteiger partial charge >= 0.3 is 0 Å². The molecule has 4 aromatic rings. The summed E-state index contributed by atoms with van der Waals surface area (Å²) in [7, 11) is -6.34. The Morgan fingerprint density at radius 1 is 1.02 bits per heavy atom. The van der Waals surface area contributed by atoms with Crippen molar-refractivity contribution in [2.75, 3.05) is 25.5 Å². The Morgan fingerprint density at radius 2 is 1.74 bits per heavy atom. The summed E-state index contributed by atoms with van der Waals surface area (Å²) in [6.45, 7) is -3.44. The number of benzene rings is 4. The molecule has 0 unspecified atom stereocenters. The number of amides is 3. The van der Waals surface area contributed by atoms with Crippen LogP contribution < -0.4 is 25.4 Å². The van der Waals surface area contributed by atoms with Crippen LogP contribution in [0.15, 0.2) is 96.8 Å². The molecule has 1 aliphatic heterocycles. The molecule has 1 fully saturated rings. The van der Waals surface area contributed by atoms with E-state index in [9.17, 15) is 18.9 Å². The van der Waals surface area contributed by atoms with Gasteiger partial charge in [0.05, 0.1) is 41.1 Å². The maximum absolute atomic E-state index is 14.5. The number of anilines is 1. The lowest BCUT2D eigenvalue weighted by Gasteiger charge is -2.24. The van der Waals surface area contributed by atoms with Gasteiger partial charge in [0.25, 0.3) is 5.91 Å². The molecule has 0 spiro atoms. The van der Waals surface area contributed by atoms with E-state index in [2.05, 4.69) is 11.8 Å². The van der Waals surface area contributed by atoms with Gasteiger partial charge in [0, 0.05) is 39.9 Å². The Hall–Kier alpha value is -5.24. The number of methoxy groups -OCH3 is 2. The summed E-state index contributed by atoms with van der Waals surface area (Å²) in [5.74, 6) is -0.462. The van der Waals surface area contributed by atoms with E-state index in [4.69, 9.17) is 41.3 Å². The molecule has 1 saturated heterocycles. The third-order valence-corrected chi connectivity index (χ3v) is 8.12. The molecule has 46 heavy (non-hydrogen) atoms. The van der Waals surface area contributed by atoms with Gasteiger partial charge < -0.3 is 25.1 Å². The lowest BCUT2D eigenvalue weighted by Crippen LogP contribution is -2.36. The van der Waals surface area contributed by atoms with E-state index in [1.807, 2.05) is 0 Å². The number of nitrogens with two attached hydrogens (primary N) is 1. The van der Waals surface area contributed by atoms with E-state index in [0.29, 0.717) is 6.07 Å². The summed E-state index contributed by atoms with van der Waals surface area (Å²) in [5, 5.41) is -2.15. The fourth-order valence-electron chi connectivity index (χ4n) is 4.20. The first kappa shape index (κ1) is 15.9. The first-order chi connectivity index (χ1) is 29.8. The molecule has 1 heterocycles. The van der Waals surface area contributed by atoms with Crippen molar-refractivity contribution >= 4 is 34.6 Å². The van der Waals surface area contributed by atoms with Crippen molar-refractivity contribution in [1.82, 2.24) is 5.32 Å². The highest BCUT2D eigenvalue weighted by Crippen LogP contribution is 2.42. The number of rotatable bonds is 10. The molecule has 0 radical (unpaired) electrons. The molecule has 5 rings (SSSR count). The number of carbonyl (C=O) groups is 3. The van der Waals surface area contributed by atoms with Crippen LogP contribution >= 0.6 is 0 Å². The SMILES string of the molecule is [2H]c1c([2H])c([2H])c(C#Cc2c([2H])c([2H])c([C@H]3N(c4cccc(C(N)=O)c4)C(=O)[C@@H](CC(=O)NC([2H])([2H])C([2H])([2H])c4ccc(OC([2H])([2H])[2H])c(OC([2H])([2H])[2H])c4)[S@+]3[O-])c([2H])c2[2H])c([2H])c1[2H]. The van der Waals surface area contributed by atoms with Crippen molar-refractivity contribution in [2.45, 2.75) is 23.4 Å². The molecule has 4 aromatic carbocycles. The quantitative estimate of drug-likeness (QED) is 0.195. The van der Waals surface area contributed by atoms with Gasteiger partial charge in [0.2, 0.25) is 22.4 Å². The predicted octanol–water partition coefficient (Wildman–Crippen LogP) is 4.11. The largest absolute Gasteiger partial charge is 0.614 e. The standard InChI is InChI=1S/C36H33N3O6S/c1-44-30-18-15-26(21-31(30)45-2)19-20-38-33(40)23-32-35(42)39(29-10-6-9-28(22-29)34(37)41)36(46(32)43)27-16-13-25(14-17-27)12-11-24-7-4-3-5-8-24/h3-10,13-18,21-22,32,36H,19-20,23H2,1-2H3,(H2,37,41)(H,38,40)/t32-,36+,46+/m1/s1/i1D3,2D3,3D,4D,5D,7D,8D,13D,14D,16D,17D,19D2,20D2. The smallest absolute Gasteiger partial charge is 0.284 e. The number of aryl methyl sites for hydroxylation is 1. The van der Waals surface area contributed by atoms with Crippen LogP contribution in [-0.4, -0.2) is 48.1 Å². The van der Waals surface area contributed by atoms with Crippen molar-refractivity contribution in [3.05, 3.63) is 125 Å². The Bertz CT molecular complexity index is 2630. The second kappa shape index (κ2) is 14.7. The first-order valence-corrected chi connectivity index (χ1v) is 14.2.